The van der Waals surface area contributed by atoms with Crippen LogP contribution in [0.15, 0.2) is 114 Å². The summed E-state index contributed by atoms with van der Waals surface area (Å²) >= 11 is 5.81. The lowest BCUT2D eigenvalue weighted by Gasteiger charge is -2.10. The molecule has 0 atom stereocenters. The lowest BCUT2D eigenvalue weighted by molar-refractivity contribution is 0.612. The van der Waals surface area contributed by atoms with Crippen molar-refractivity contribution in [3.8, 4) is 0 Å². The Morgan fingerprint density at radius 2 is 1.50 bits per heavy atom. The van der Waals surface area contributed by atoms with Crippen LogP contribution in [0.25, 0.3) is 0 Å². The Hall–Kier alpha value is -4.09. The van der Waals surface area contributed by atoms with Crippen molar-refractivity contribution < 1.29 is 4.39 Å². The van der Waals surface area contributed by atoms with Crippen LogP contribution in [0.3, 0.4) is 0 Å². The molecule has 0 aliphatic carbocycles. The van der Waals surface area contributed by atoms with E-state index in [4.69, 9.17) is 16.6 Å². The highest BCUT2D eigenvalue weighted by Gasteiger charge is 2.09. The summed E-state index contributed by atoms with van der Waals surface area (Å²) in [5.74, 6) is 0.249. The van der Waals surface area contributed by atoms with Crippen LogP contribution in [0.2, 0.25) is 5.02 Å². The molecule has 0 fully saturated rings. The Balaban J connectivity index is 1.35. The SMILES string of the molecule is Fc1cc(Cn2nccc2CCc2ccnc(N=C(c3ccccc3)c3ccccc3)c2)ccc1Cl. The molecule has 0 bridgehead atoms. The molecule has 2 heterocycles. The fraction of sp³-hybridized carbons (Fsp3) is 0.100. The van der Waals surface area contributed by atoms with Crippen LogP contribution in [0, 0.1) is 5.82 Å². The molecule has 3 aromatic carbocycles. The van der Waals surface area contributed by atoms with Gasteiger partial charge in [0.2, 0.25) is 0 Å². The predicted molar refractivity (Wildman–Crippen MR) is 143 cm³/mol. The molecule has 0 N–H and O–H groups in total. The van der Waals surface area contributed by atoms with E-state index in [0.29, 0.717) is 12.4 Å². The predicted octanol–water partition coefficient (Wildman–Crippen LogP) is 7.07. The Morgan fingerprint density at radius 3 is 2.19 bits per heavy atom. The Morgan fingerprint density at radius 1 is 0.778 bits per heavy atom. The van der Waals surface area contributed by atoms with Gasteiger partial charge in [-0.25, -0.2) is 14.4 Å². The van der Waals surface area contributed by atoms with Crippen LogP contribution in [0.5, 0.6) is 0 Å². The Kier molecular flexibility index (Phi) is 7.29. The summed E-state index contributed by atoms with van der Waals surface area (Å²) < 4.78 is 15.7. The maximum atomic E-state index is 13.8. The number of aromatic nitrogens is 3. The molecule has 5 rings (SSSR count). The maximum Gasteiger partial charge on any atom is 0.152 e. The van der Waals surface area contributed by atoms with Crippen LogP contribution in [-0.2, 0) is 19.4 Å². The van der Waals surface area contributed by atoms with Gasteiger partial charge in [-0.1, -0.05) is 78.3 Å². The normalized spacial score (nSPS) is 10.8. The first-order chi connectivity index (χ1) is 17.7. The van der Waals surface area contributed by atoms with Gasteiger partial charge in [0.1, 0.15) is 5.82 Å². The van der Waals surface area contributed by atoms with Gasteiger partial charge in [-0.2, -0.15) is 5.10 Å². The molecular formula is C30H24ClFN4. The quantitative estimate of drug-likeness (QED) is 0.216. The molecular weight excluding hydrogens is 471 g/mol. The molecule has 4 nitrogen and oxygen atoms in total. The van der Waals surface area contributed by atoms with Gasteiger partial charge in [0.25, 0.3) is 0 Å². The standard InChI is InChI=1S/C30H24ClFN4/c31-27-14-12-23(19-28(27)32)21-36-26(16-18-34-36)13-11-22-15-17-33-29(20-22)35-30(24-7-3-1-4-8-24)25-9-5-2-6-10-25/h1-10,12,14-20H,11,13,21H2. The number of hydrogen-bond donors (Lipinski definition) is 0. The molecule has 0 aliphatic rings. The summed E-state index contributed by atoms with van der Waals surface area (Å²) in [4.78, 5) is 9.45. The average molecular weight is 495 g/mol. The molecule has 178 valence electrons. The summed E-state index contributed by atoms with van der Waals surface area (Å²) in [7, 11) is 0. The molecule has 0 saturated heterocycles. The monoisotopic (exact) mass is 494 g/mol. The van der Waals surface area contributed by atoms with E-state index in [1.165, 1.54) is 6.07 Å². The van der Waals surface area contributed by atoms with Crippen molar-refractivity contribution in [3.05, 3.63) is 148 Å². The number of rotatable bonds is 8. The van der Waals surface area contributed by atoms with Crippen molar-refractivity contribution in [2.75, 3.05) is 0 Å². The van der Waals surface area contributed by atoms with Gasteiger partial charge >= 0.3 is 0 Å². The van der Waals surface area contributed by atoms with E-state index in [-0.39, 0.29) is 5.02 Å². The summed E-state index contributed by atoms with van der Waals surface area (Å²) in [6.07, 6.45) is 5.16. The van der Waals surface area contributed by atoms with Gasteiger partial charge in [0, 0.05) is 29.2 Å². The van der Waals surface area contributed by atoms with Crippen molar-refractivity contribution in [1.29, 1.82) is 0 Å². The number of halogens is 2. The topological polar surface area (TPSA) is 43.1 Å². The second-order valence-electron chi connectivity index (χ2n) is 8.44. The van der Waals surface area contributed by atoms with Gasteiger partial charge < -0.3 is 0 Å². The van der Waals surface area contributed by atoms with E-state index in [1.807, 2.05) is 65.3 Å². The minimum absolute atomic E-state index is 0.123. The van der Waals surface area contributed by atoms with Gasteiger partial charge in [-0.05, 0) is 54.3 Å². The van der Waals surface area contributed by atoms with Crippen molar-refractivity contribution in [2.24, 2.45) is 4.99 Å². The van der Waals surface area contributed by atoms with Crippen LogP contribution < -0.4 is 0 Å². The number of pyridine rings is 1. The van der Waals surface area contributed by atoms with E-state index in [0.717, 1.165) is 46.5 Å². The van der Waals surface area contributed by atoms with Crippen LogP contribution in [0.1, 0.15) is 27.9 Å². The first-order valence-electron chi connectivity index (χ1n) is 11.7. The van der Waals surface area contributed by atoms with Crippen molar-refractivity contribution >= 4 is 23.1 Å². The molecule has 0 aliphatic heterocycles. The second-order valence-corrected chi connectivity index (χ2v) is 8.85. The molecule has 0 amide bonds. The minimum atomic E-state index is -0.418. The summed E-state index contributed by atoms with van der Waals surface area (Å²) in [5, 5.41) is 4.55. The highest BCUT2D eigenvalue weighted by Crippen LogP contribution is 2.20. The van der Waals surface area contributed by atoms with Crippen molar-refractivity contribution in [2.45, 2.75) is 19.4 Å². The zero-order valence-electron chi connectivity index (χ0n) is 19.6. The number of nitrogens with zero attached hydrogens (tertiary/aromatic N) is 4. The number of hydrogen-bond acceptors (Lipinski definition) is 3. The van der Waals surface area contributed by atoms with E-state index >= 15 is 0 Å². The van der Waals surface area contributed by atoms with Gasteiger partial charge in [-0.15, -0.1) is 0 Å². The van der Waals surface area contributed by atoms with Gasteiger partial charge in [-0.3, -0.25) is 4.68 Å². The van der Waals surface area contributed by atoms with Crippen LogP contribution >= 0.6 is 11.6 Å². The van der Waals surface area contributed by atoms with E-state index < -0.39 is 5.82 Å². The lowest BCUT2D eigenvalue weighted by Crippen LogP contribution is -2.07. The third-order valence-corrected chi connectivity index (χ3v) is 6.23. The van der Waals surface area contributed by atoms with Crippen molar-refractivity contribution in [1.82, 2.24) is 14.8 Å². The first kappa shape index (κ1) is 23.6. The zero-order chi connectivity index (χ0) is 24.7. The summed E-state index contributed by atoms with van der Waals surface area (Å²) in [6, 6.07) is 31.2. The Bertz CT molecular complexity index is 1440. The van der Waals surface area contributed by atoms with Gasteiger partial charge in [0.05, 0.1) is 17.3 Å². The van der Waals surface area contributed by atoms with Crippen LogP contribution in [-0.4, -0.2) is 20.5 Å². The molecule has 0 radical (unpaired) electrons. The molecule has 6 heteroatoms. The number of aliphatic imine (C=N–C) groups is 1. The zero-order valence-corrected chi connectivity index (χ0v) is 20.3. The number of aryl methyl sites for hydroxylation is 2. The lowest BCUT2D eigenvalue weighted by atomic mass is 10.0. The molecule has 5 aromatic rings. The smallest absolute Gasteiger partial charge is 0.152 e. The maximum absolute atomic E-state index is 13.8. The molecule has 0 spiro atoms. The minimum Gasteiger partial charge on any atom is -0.265 e. The fourth-order valence-corrected chi connectivity index (χ4v) is 4.20. The van der Waals surface area contributed by atoms with Crippen LogP contribution in [0.4, 0.5) is 10.2 Å². The third kappa shape index (κ3) is 5.75. The Labute approximate surface area is 214 Å². The van der Waals surface area contributed by atoms with E-state index in [9.17, 15) is 4.39 Å². The van der Waals surface area contributed by atoms with E-state index in [1.54, 1.807) is 18.5 Å². The van der Waals surface area contributed by atoms with Crippen molar-refractivity contribution in [3.63, 3.8) is 0 Å². The average Bonchev–Trinajstić information content (AvgIpc) is 3.36. The summed E-state index contributed by atoms with van der Waals surface area (Å²) in [6.45, 7) is 0.486. The highest BCUT2D eigenvalue weighted by atomic mass is 35.5. The third-order valence-electron chi connectivity index (χ3n) is 5.92. The molecule has 0 saturated carbocycles. The van der Waals surface area contributed by atoms with E-state index in [2.05, 4.69) is 34.3 Å². The first-order valence-corrected chi connectivity index (χ1v) is 12.1. The largest absolute Gasteiger partial charge is 0.265 e. The summed E-state index contributed by atoms with van der Waals surface area (Å²) in [5.41, 5.74) is 5.98. The second kappa shape index (κ2) is 11.1. The van der Waals surface area contributed by atoms with Gasteiger partial charge in [0.15, 0.2) is 5.82 Å². The highest BCUT2D eigenvalue weighted by molar-refractivity contribution is 6.30. The number of benzene rings is 3. The molecule has 36 heavy (non-hydrogen) atoms. The fourth-order valence-electron chi connectivity index (χ4n) is 4.08. The molecule has 0 unspecified atom stereocenters. The molecule has 2 aromatic heterocycles.